The molecule has 0 unspecified atom stereocenters. The lowest BCUT2D eigenvalue weighted by molar-refractivity contribution is -0.405. The summed E-state index contributed by atoms with van der Waals surface area (Å²) in [6, 6.07) is 0.438. The molecule has 0 radical (unpaired) electrons. The molecule has 0 atom stereocenters. The van der Waals surface area contributed by atoms with Crippen molar-refractivity contribution in [1.29, 1.82) is 0 Å². The summed E-state index contributed by atoms with van der Waals surface area (Å²) in [5.41, 5.74) is -11.1. The predicted molar refractivity (Wildman–Crippen MR) is 69.0 cm³/mol. The lowest BCUT2D eigenvalue weighted by atomic mass is 9.84. The van der Waals surface area contributed by atoms with E-state index >= 15 is 0 Å². The van der Waals surface area contributed by atoms with E-state index in [9.17, 15) is 64.5 Å². The van der Waals surface area contributed by atoms with E-state index in [0.29, 0.717) is 11.4 Å². The van der Waals surface area contributed by atoms with Crippen molar-refractivity contribution in [2.75, 3.05) is 5.32 Å². The van der Waals surface area contributed by atoms with Crippen LogP contribution in [-0.4, -0.2) is 34.3 Å². The Kier molecular flexibility index (Phi) is 5.55. The molecule has 0 aliphatic carbocycles. The van der Waals surface area contributed by atoms with Crippen LogP contribution >= 0.6 is 0 Å². The average molecular weight is 429 g/mol. The van der Waals surface area contributed by atoms with Crippen LogP contribution < -0.4 is 5.32 Å². The standard InChI is InChI=1S/C11H4F9N3O5/c12-9(13,14)8(10(15,16)17,11(18,19)20)7(24)21-5-2-1-4(22(25)26)3-6(5)23(27)28/h1-3H,(H,21,24). The number of non-ortho nitro benzene ring substituents is 1. The van der Waals surface area contributed by atoms with Crippen LogP contribution in [0.2, 0.25) is 0 Å². The van der Waals surface area contributed by atoms with Crippen LogP contribution in [0, 0.1) is 25.6 Å². The first-order valence-electron chi connectivity index (χ1n) is 6.32. The van der Waals surface area contributed by atoms with Gasteiger partial charge in [-0.2, -0.15) is 39.5 Å². The molecule has 0 saturated carbocycles. The van der Waals surface area contributed by atoms with Gasteiger partial charge in [0, 0.05) is 6.07 Å². The zero-order chi connectivity index (χ0) is 22.3. The zero-order valence-corrected chi connectivity index (χ0v) is 12.6. The molecule has 0 spiro atoms. The van der Waals surface area contributed by atoms with Crippen LogP contribution in [0.5, 0.6) is 0 Å². The number of benzene rings is 1. The van der Waals surface area contributed by atoms with Gasteiger partial charge in [0.15, 0.2) is 0 Å². The Hall–Kier alpha value is -3.14. The van der Waals surface area contributed by atoms with Gasteiger partial charge in [-0.3, -0.25) is 25.0 Å². The van der Waals surface area contributed by atoms with E-state index in [1.54, 1.807) is 0 Å². The second-order valence-corrected chi connectivity index (χ2v) is 4.91. The predicted octanol–water partition coefficient (Wildman–Crippen LogP) is 4.11. The number of nitrogens with zero attached hydrogens (tertiary/aromatic N) is 2. The van der Waals surface area contributed by atoms with Gasteiger partial charge in [0.2, 0.25) is 0 Å². The van der Waals surface area contributed by atoms with Crippen LogP contribution in [0.3, 0.4) is 0 Å². The second-order valence-electron chi connectivity index (χ2n) is 4.91. The van der Waals surface area contributed by atoms with Crippen molar-refractivity contribution < 1.29 is 54.2 Å². The maximum Gasteiger partial charge on any atom is 0.421 e. The quantitative estimate of drug-likeness (QED) is 0.439. The Morgan fingerprint density at radius 3 is 1.57 bits per heavy atom. The van der Waals surface area contributed by atoms with Crippen LogP contribution in [-0.2, 0) is 4.79 Å². The van der Waals surface area contributed by atoms with Crippen molar-refractivity contribution in [1.82, 2.24) is 0 Å². The molecule has 8 nitrogen and oxygen atoms in total. The normalized spacial score (nSPS) is 13.2. The molecule has 1 aromatic carbocycles. The number of carbonyl (C=O) groups is 1. The van der Waals surface area contributed by atoms with Crippen LogP contribution in [0.1, 0.15) is 0 Å². The summed E-state index contributed by atoms with van der Waals surface area (Å²) >= 11 is 0. The summed E-state index contributed by atoms with van der Waals surface area (Å²) in [5, 5.41) is 21.9. The maximum absolute atomic E-state index is 12.8. The lowest BCUT2D eigenvalue weighted by Crippen LogP contribution is -2.65. The zero-order valence-electron chi connectivity index (χ0n) is 12.6. The highest BCUT2D eigenvalue weighted by atomic mass is 19.4. The van der Waals surface area contributed by atoms with Gasteiger partial charge in [-0.05, 0) is 6.07 Å². The molecule has 1 rings (SSSR count). The fourth-order valence-electron chi connectivity index (χ4n) is 1.97. The van der Waals surface area contributed by atoms with Gasteiger partial charge in [0.25, 0.3) is 17.3 Å². The van der Waals surface area contributed by atoms with E-state index in [-0.39, 0.29) is 12.1 Å². The highest BCUT2D eigenvalue weighted by molar-refractivity contribution is 5.99. The van der Waals surface area contributed by atoms with Gasteiger partial charge in [-0.25, -0.2) is 0 Å². The molecule has 17 heteroatoms. The SMILES string of the molecule is O=C(Nc1ccc([N+](=O)[O-])cc1[N+](=O)[O-])C(C(F)(F)F)(C(F)(F)F)C(F)(F)F. The first kappa shape index (κ1) is 22.9. The summed E-state index contributed by atoms with van der Waals surface area (Å²) in [4.78, 5) is 30.0. The minimum Gasteiger partial charge on any atom is -0.319 e. The first-order valence-corrected chi connectivity index (χ1v) is 6.32. The number of rotatable bonds is 4. The number of anilines is 1. The van der Waals surface area contributed by atoms with E-state index < -0.39 is 56.8 Å². The van der Waals surface area contributed by atoms with Crippen molar-refractivity contribution in [2.45, 2.75) is 18.5 Å². The Labute approximate surface area is 146 Å². The number of nitrogens with one attached hydrogen (secondary N) is 1. The van der Waals surface area contributed by atoms with E-state index in [1.165, 1.54) is 0 Å². The molecular weight excluding hydrogens is 425 g/mol. The molecule has 28 heavy (non-hydrogen) atoms. The fourth-order valence-corrected chi connectivity index (χ4v) is 1.97. The minimum atomic E-state index is -7.23. The number of halogens is 9. The lowest BCUT2D eigenvalue weighted by Gasteiger charge is -2.36. The van der Waals surface area contributed by atoms with Crippen LogP contribution in [0.25, 0.3) is 0 Å². The number of alkyl halides is 9. The third-order valence-electron chi connectivity index (χ3n) is 3.25. The van der Waals surface area contributed by atoms with Crippen LogP contribution in [0.4, 0.5) is 56.6 Å². The van der Waals surface area contributed by atoms with Gasteiger partial charge in [0.05, 0.1) is 15.9 Å². The monoisotopic (exact) mass is 429 g/mol. The van der Waals surface area contributed by atoms with Crippen molar-refractivity contribution in [3.05, 3.63) is 38.4 Å². The molecule has 1 aromatic rings. The van der Waals surface area contributed by atoms with Gasteiger partial charge < -0.3 is 5.32 Å². The Balaban J connectivity index is 3.66. The second kappa shape index (κ2) is 6.79. The molecule has 1 amide bonds. The summed E-state index contributed by atoms with van der Waals surface area (Å²) < 4.78 is 115. The van der Waals surface area contributed by atoms with Crippen molar-refractivity contribution in [3.63, 3.8) is 0 Å². The Morgan fingerprint density at radius 1 is 0.821 bits per heavy atom. The number of hydrogen-bond donors (Lipinski definition) is 1. The average Bonchev–Trinajstić information content (AvgIpc) is 2.42. The Bertz CT molecular complexity index is 779. The molecule has 0 bridgehead atoms. The third kappa shape index (κ3) is 3.63. The summed E-state index contributed by atoms with van der Waals surface area (Å²) in [6.45, 7) is 0. The highest BCUT2D eigenvalue weighted by Gasteiger charge is 2.88. The van der Waals surface area contributed by atoms with Crippen molar-refractivity contribution in [2.24, 2.45) is 5.41 Å². The largest absolute Gasteiger partial charge is 0.421 e. The molecular formula is C11H4F9N3O5. The van der Waals surface area contributed by atoms with Crippen LogP contribution in [0.15, 0.2) is 18.2 Å². The van der Waals surface area contributed by atoms with Gasteiger partial charge in [0.1, 0.15) is 5.69 Å². The number of carbonyl (C=O) groups excluding carboxylic acids is 1. The number of nitro groups is 2. The summed E-state index contributed by atoms with van der Waals surface area (Å²) in [7, 11) is 0. The summed E-state index contributed by atoms with van der Waals surface area (Å²) in [5.74, 6) is -3.73. The molecule has 0 fully saturated rings. The molecule has 1 N–H and O–H groups in total. The number of hydrogen-bond acceptors (Lipinski definition) is 5. The topological polar surface area (TPSA) is 115 Å². The van der Waals surface area contributed by atoms with Crippen molar-refractivity contribution in [3.8, 4) is 0 Å². The molecule has 0 aliphatic heterocycles. The molecule has 0 aliphatic rings. The highest BCUT2D eigenvalue weighted by Crippen LogP contribution is 2.59. The third-order valence-corrected chi connectivity index (χ3v) is 3.25. The van der Waals surface area contributed by atoms with E-state index in [4.69, 9.17) is 0 Å². The Morgan fingerprint density at radius 2 is 1.25 bits per heavy atom. The molecule has 0 heterocycles. The van der Waals surface area contributed by atoms with Gasteiger partial charge in [-0.15, -0.1) is 0 Å². The minimum absolute atomic E-state index is 0.0199. The fraction of sp³-hybridized carbons (Fsp3) is 0.364. The number of nitro benzene ring substituents is 2. The van der Waals surface area contributed by atoms with Crippen molar-refractivity contribution >= 4 is 23.0 Å². The van der Waals surface area contributed by atoms with Gasteiger partial charge in [-0.1, -0.05) is 0 Å². The smallest absolute Gasteiger partial charge is 0.319 e. The first-order chi connectivity index (χ1) is 12.4. The molecule has 156 valence electrons. The van der Waals surface area contributed by atoms with E-state index in [0.717, 1.165) is 0 Å². The van der Waals surface area contributed by atoms with Gasteiger partial charge >= 0.3 is 23.9 Å². The number of amides is 1. The van der Waals surface area contributed by atoms with E-state index in [1.807, 2.05) is 0 Å². The van der Waals surface area contributed by atoms with E-state index in [2.05, 4.69) is 0 Å². The molecule has 0 saturated heterocycles. The summed E-state index contributed by atoms with van der Waals surface area (Å²) in [6.07, 6.45) is -21.7. The maximum atomic E-state index is 12.8. The molecule has 0 aromatic heterocycles.